The van der Waals surface area contributed by atoms with E-state index in [0.717, 1.165) is 10.6 Å². The van der Waals surface area contributed by atoms with E-state index in [2.05, 4.69) is 23.9 Å². The fraction of sp³-hybridized carbons (Fsp3) is 0.429. The number of hydrogen-bond donors (Lipinski definition) is 0. The number of aromatic nitrogens is 3. The van der Waals surface area contributed by atoms with Gasteiger partial charge in [0.1, 0.15) is 18.8 Å². The van der Waals surface area contributed by atoms with E-state index in [1.807, 2.05) is 24.3 Å². The summed E-state index contributed by atoms with van der Waals surface area (Å²) < 4.78 is 7.75. The van der Waals surface area contributed by atoms with E-state index >= 15 is 0 Å². The van der Waals surface area contributed by atoms with E-state index in [-0.39, 0.29) is 6.10 Å². The number of ether oxygens (including phenoxy) is 1. The van der Waals surface area contributed by atoms with Gasteiger partial charge in [-0.1, -0.05) is 37.6 Å². The molecule has 1 aromatic heterocycles. The van der Waals surface area contributed by atoms with Gasteiger partial charge in [-0.3, -0.25) is 4.68 Å². The molecule has 0 amide bonds. The Morgan fingerprint density at radius 2 is 2.00 bits per heavy atom. The van der Waals surface area contributed by atoms with E-state index < -0.39 is 0 Å². The Labute approximate surface area is 118 Å². The standard InChI is InChI=1S/C14H18ClN3O/c1-11(2)8-19-14(7-18-10-16-9-17-18)12-3-5-13(15)6-4-12/h3-6,9-11,14H,7-8H2,1-2H3. The van der Waals surface area contributed by atoms with Crippen LogP contribution in [0.1, 0.15) is 25.5 Å². The van der Waals surface area contributed by atoms with Gasteiger partial charge in [-0.2, -0.15) is 5.10 Å². The Kier molecular flexibility index (Phi) is 4.93. The average molecular weight is 280 g/mol. The minimum atomic E-state index is -0.0404. The monoisotopic (exact) mass is 279 g/mol. The lowest BCUT2D eigenvalue weighted by molar-refractivity contribution is 0.0219. The van der Waals surface area contributed by atoms with E-state index in [0.29, 0.717) is 19.1 Å². The van der Waals surface area contributed by atoms with Crippen LogP contribution in [0.4, 0.5) is 0 Å². The zero-order chi connectivity index (χ0) is 13.7. The van der Waals surface area contributed by atoms with Gasteiger partial charge in [0, 0.05) is 11.6 Å². The maximum atomic E-state index is 5.97. The van der Waals surface area contributed by atoms with Crippen molar-refractivity contribution in [2.45, 2.75) is 26.5 Å². The van der Waals surface area contributed by atoms with Crippen LogP contribution in [0.3, 0.4) is 0 Å². The van der Waals surface area contributed by atoms with Gasteiger partial charge >= 0.3 is 0 Å². The first kappa shape index (κ1) is 14.0. The van der Waals surface area contributed by atoms with Gasteiger partial charge in [0.05, 0.1) is 6.54 Å². The summed E-state index contributed by atoms with van der Waals surface area (Å²) in [6, 6.07) is 7.74. The second-order valence-electron chi connectivity index (χ2n) is 4.88. The Hall–Kier alpha value is -1.39. The molecule has 1 atom stereocenters. The first-order valence-corrected chi connectivity index (χ1v) is 6.72. The van der Waals surface area contributed by atoms with Crippen molar-refractivity contribution in [1.29, 1.82) is 0 Å². The van der Waals surface area contributed by atoms with Crippen molar-refractivity contribution in [3.8, 4) is 0 Å². The molecule has 1 heterocycles. The summed E-state index contributed by atoms with van der Waals surface area (Å²) in [5.74, 6) is 0.491. The lowest BCUT2D eigenvalue weighted by Crippen LogP contribution is -2.15. The summed E-state index contributed by atoms with van der Waals surface area (Å²) in [7, 11) is 0. The predicted molar refractivity (Wildman–Crippen MR) is 75.0 cm³/mol. The van der Waals surface area contributed by atoms with Crippen LogP contribution in [0.2, 0.25) is 5.02 Å². The van der Waals surface area contributed by atoms with Crippen LogP contribution in [-0.2, 0) is 11.3 Å². The average Bonchev–Trinajstić information content (AvgIpc) is 2.88. The molecule has 102 valence electrons. The first-order chi connectivity index (χ1) is 9.15. The highest BCUT2D eigenvalue weighted by Crippen LogP contribution is 2.22. The number of hydrogen-bond acceptors (Lipinski definition) is 3. The molecule has 0 aliphatic carbocycles. The molecule has 0 aliphatic heterocycles. The normalized spacial score (nSPS) is 12.8. The molecular formula is C14H18ClN3O. The molecule has 5 heteroatoms. The quantitative estimate of drug-likeness (QED) is 0.814. The summed E-state index contributed by atoms with van der Waals surface area (Å²) in [5.41, 5.74) is 1.10. The Balaban J connectivity index is 2.11. The second kappa shape index (κ2) is 6.68. The molecule has 0 N–H and O–H groups in total. The molecule has 0 saturated heterocycles. The fourth-order valence-corrected chi connectivity index (χ4v) is 1.86. The van der Waals surface area contributed by atoms with E-state index in [4.69, 9.17) is 16.3 Å². The van der Waals surface area contributed by atoms with Crippen molar-refractivity contribution in [3.63, 3.8) is 0 Å². The molecular weight excluding hydrogens is 262 g/mol. The third-order valence-electron chi connectivity index (χ3n) is 2.69. The third-order valence-corrected chi connectivity index (χ3v) is 2.94. The third kappa shape index (κ3) is 4.33. The lowest BCUT2D eigenvalue weighted by Gasteiger charge is -2.19. The molecule has 19 heavy (non-hydrogen) atoms. The molecule has 1 unspecified atom stereocenters. The molecule has 0 saturated carbocycles. The van der Waals surface area contributed by atoms with Gasteiger partial charge in [0.25, 0.3) is 0 Å². The van der Waals surface area contributed by atoms with Crippen LogP contribution in [-0.4, -0.2) is 21.4 Å². The molecule has 2 aromatic rings. The van der Waals surface area contributed by atoms with E-state index in [1.54, 1.807) is 11.0 Å². The molecule has 0 fully saturated rings. The van der Waals surface area contributed by atoms with Crippen molar-refractivity contribution >= 4 is 11.6 Å². The van der Waals surface area contributed by atoms with Crippen molar-refractivity contribution in [1.82, 2.24) is 14.8 Å². The van der Waals surface area contributed by atoms with Crippen molar-refractivity contribution < 1.29 is 4.74 Å². The van der Waals surface area contributed by atoms with Crippen LogP contribution in [0, 0.1) is 5.92 Å². The van der Waals surface area contributed by atoms with E-state index in [1.165, 1.54) is 6.33 Å². The Morgan fingerprint density at radius 1 is 1.26 bits per heavy atom. The van der Waals surface area contributed by atoms with Crippen molar-refractivity contribution in [2.24, 2.45) is 5.92 Å². The van der Waals surface area contributed by atoms with Gasteiger partial charge in [-0.25, -0.2) is 4.98 Å². The van der Waals surface area contributed by atoms with Gasteiger partial charge in [-0.15, -0.1) is 0 Å². The van der Waals surface area contributed by atoms with Gasteiger partial charge < -0.3 is 4.74 Å². The lowest BCUT2D eigenvalue weighted by atomic mass is 10.1. The van der Waals surface area contributed by atoms with Crippen LogP contribution >= 0.6 is 11.6 Å². The van der Waals surface area contributed by atoms with Crippen molar-refractivity contribution in [3.05, 3.63) is 47.5 Å². The smallest absolute Gasteiger partial charge is 0.137 e. The van der Waals surface area contributed by atoms with Crippen LogP contribution < -0.4 is 0 Å². The zero-order valence-electron chi connectivity index (χ0n) is 11.2. The van der Waals surface area contributed by atoms with Crippen LogP contribution in [0.15, 0.2) is 36.9 Å². The number of halogens is 1. The van der Waals surface area contributed by atoms with Gasteiger partial charge in [0.15, 0.2) is 0 Å². The molecule has 0 spiro atoms. The Morgan fingerprint density at radius 3 is 2.58 bits per heavy atom. The SMILES string of the molecule is CC(C)COC(Cn1cncn1)c1ccc(Cl)cc1. The molecule has 0 bridgehead atoms. The number of benzene rings is 1. The minimum Gasteiger partial charge on any atom is -0.371 e. The first-order valence-electron chi connectivity index (χ1n) is 6.34. The Bertz CT molecular complexity index is 482. The highest BCUT2D eigenvalue weighted by molar-refractivity contribution is 6.30. The molecule has 2 rings (SSSR count). The highest BCUT2D eigenvalue weighted by atomic mass is 35.5. The summed E-state index contributed by atoms with van der Waals surface area (Å²) in [5, 5.41) is 4.85. The highest BCUT2D eigenvalue weighted by Gasteiger charge is 2.14. The van der Waals surface area contributed by atoms with Crippen LogP contribution in [0.25, 0.3) is 0 Å². The van der Waals surface area contributed by atoms with Crippen molar-refractivity contribution in [2.75, 3.05) is 6.61 Å². The summed E-state index contributed by atoms with van der Waals surface area (Å²) in [4.78, 5) is 3.95. The number of rotatable bonds is 6. The molecule has 1 aromatic carbocycles. The summed E-state index contributed by atoms with van der Waals surface area (Å²) >= 11 is 5.92. The number of nitrogens with zero attached hydrogens (tertiary/aromatic N) is 3. The van der Waals surface area contributed by atoms with Gasteiger partial charge in [-0.05, 0) is 23.6 Å². The maximum absolute atomic E-state index is 5.97. The maximum Gasteiger partial charge on any atom is 0.137 e. The van der Waals surface area contributed by atoms with E-state index in [9.17, 15) is 0 Å². The summed E-state index contributed by atoms with van der Waals surface area (Å²) in [6.07, 6.45) is 3.18. The molecule has 0 radical (unpaired) electrons. The predicted octanol–water partition coefficient (Wildman–Crippen LogP) is 3.35. The second-order valence-corrected chi connectivity index (χ2v) is 5.32. The van der Waals surface area contributed by atoms with Gasteiger partial charge in [0.2, 0.25) is 0 Å². The largest absolute Gasteiger partial charge is 0.371 e. The summed E-state index contributed by atoms with van der Waals surface area (Å²) in [6.45, 7) is 5.62. The zero-order valence-corrected chi connectivity index (χ0v) is 11.9. The topological polar surface area (TPSA) is 39.9 Å². The molecule has 0 aliphatic rings. The molecule has 4 nitrogen and oxygen atoms in total. The fourth-order valence-electron chi connectivity index (χ4n) is 1.74. The minimum absolute atomic E-state index is 0.0404. The van der Waals surface area contributed by atoms with Crippen LogP contribution in [0.5, 0.6) is 0 Å².